The molecule has 1 atom stereocenters. The number of nitrogens with zero attached hydrogens (tertiary/aromatic N) is 3. The molecule has 1 fully saturated rings. The molecule has 0 saturated carbocycles. The minimum absolute atomic E-state index is 0.0375. The second-order valence-electron chi connectivity index (χ2n) is 7.19. The van der Waals surface area contributed by atoms with E-state index < -0.39 is 0 Å². The van der Waals surface area contributed by atoms with Crippen molar-refractivity contribution in [1.82, 2.24) is 19.8 Å². The molecule has 2 heterocycles. The number of para-hydroxylation sites is 2. The Balaban J connectivity index is 1.22. The van der Waals surface area contributed by atoms with E-state index in [1.54, 1.807) is 6.33 Å². The topological polar surface area (TPSA) is 59.4 Å². The van der Waals surface area contributed by atoms with Crippen LogP contribution in [0, 0.1) is 0 Å². The number of aromatic nitrogens is 2. The van der Waals surface area contributed by atoms with E-state index in [1.807, 2.05) is 34.9 Å². The van der Waals surface area contributed by atoms with Gasteiger partial charge in [0.1, 0.15) is 0 Å². The van der Waals surface area contributed by atoms with E-state index in [1.165, 1.54) is 5.56 Å². The Morgan fingerprint density at radius 1 is 1.14 bits per heavy atom. The van der Waals surface area contributed by atoms with Gasteiger partial charge in [0, 0.05) is 39.1 Å². The lowest BCUT2D eigenvalue weighted by Gasteiger charge is -2.33. The van der Waals surface area contributed by atoms with Crippen molar-refractivity contribution in [3.05, 3.63) is 66.5 Å². The first-order chi connectivity index (χ1) is 13.8. The van der Waals surface area contributed by atoms with E-state index in [4.69, 9.17) is 4.74 Å². The number of aryl methyl sites for hydroxylation is 1. The second-order valence-corrected chi connectivity index (χ2v) is 7.19. The third-order valence-corrected chi connectivity index (χ3v) is 5.11. The Labute approximate surface area is 165 Å². The maximum atomic E-state index is 12.3. The lowest BCUT2D eigenvalue weighted by Crippen LogP contribution is -2.47. The van der Waals surface area contributed by atoms with Gasteiger partial charge in [0.25, 0.3) is 0 Å². The molecule has 1 N–H and O–H groups in total. The molecule has 6 heteroatoms. The van der Waals surface area contributed by atoms with Crippen LogP contribution in [0.1, 0.15) is 12.0 Å². The highest BCUT2D eigenvalue weighted by atomic mass is 16.5. The van der Waals surface area contributed by atoms with Gasteiger partial charge in [0.05, 0.1) is 30.1 Å². The van der Waals surface area contributed by atoms with Crippen molar-refractivity contribution in [2.75, 3.05) is 26.2 Å². The summed E-state index contributed by atoms with van der Waals surface area (Å²) in [6.07, 6.45) is 2.26. The van der Waals surface area contributed by atoms with Gasteiger partial charge in [-0.2, -0.15) is 0 Å². The van der Waals surface area contributed by atoms with Crippen molar-refractivity contribution in [3.8, 4) is 0 Å². The number of ether oxygens (including phenoxy) is 1. The summed E-state index contributed by atoms with van der Waals surface area (Å²) in [5.74, 6) is 0.0431. The van der Waals surface area contributed by atoms with E-state index in [-0.39, 0.29) is 12.0 Å². The average molecular weight is 378 g/mol. The van der Waals surface area contributed by atoms with Gasteiger partial charge in [-0.15, -0.1) is 0 Å². The Morgan fingerprint density at radius 2 is 1.96 bits per heavy atom. The van der Waals surface area contributed by atoms with Gasteiger partial charge in [-0.25, -0.2) is 4.98 Å². The number of carbonyl (C=O) groups excluding carboxylic acids is 1. The fourth-order valence-corrected chi connectivity index (χ4v) is 3.62. The van der Waals surface area contributed by atoms with Gasteiger partial charge in [-0.05, 0) is 17.7 Å². The minimum atomic E-state index is 0.0375. The molecule has 3 aromatic rings. The third kappa shape index (κ3) is 4.77. The molecule has 2 aromatic carbocycles. The molecule has 0 spiro atoms. The second kappa shape index (κ2) is 8.99. The lowest BCUT2D eigenvalue weighted by atomic mass is 10.2. The Kier molecular flexibility index (Phi) is 5.99. The van der Waals surface area contributed by atoms with Crippen molar-refractivity contribution < 1.29 is 9.53 Å². The van der Waals surface area contributed by atoms with E-state index in [0.717, 1.165) is 30.7 Å². The monoisotopic (exact) mass is 378 g/mol. The molecule has 0 bridgehead atoms. The molecule has 1 unspecified atom stereocenters. The maximum Gasteiger partial charge on any atom is 0.221 e. The van der Waals surface area contributed by atoms with Crippen LogP contribution in [0.15, 0.2) is 60.9 Å². The molecule has 4 rings (SSSR count). The molecule has 28 heavy (non-hydrogen) atoms. The first-order valence-corrected chi connectivity index (χ1v) is 9.82. The summed E-state index contributed by atoms with van der Waals surface area (Å²) in [4.78, 5) is 19.0. The number of hydrogen-bond donors (Lipinski definition) is 1. The molecule has 0 aliphatic carbocycles. The number of amides is 1. The largest absolute Gasteiger partial charge is 0.374 e. The van der Waals surface area contributed by atoms with Crippen LogP contribution in [-0.2, 0) is 22.6 Å². The quantitative estimate of drug-likeness (QED) is 0.686. The smallest absolute Gasteiger partial charge is 0.221 e. The third-order valence-electron chi connectivity index (χ3n) is 5.11. The standard InChI is InChI=1S/C22H26N4O2/c27-22(10-11-26-17-24-20-8-4-5-9-21(20)26)23-14-19-16-25(12-13-28-19)15-18-6-2-1-3-7-18/h1-9,17,19H,10-16H2,(H,23,27). The van der Waals surface area contributed by atoms with Crippen molar-refractivity contribution in [2.45, 2.75) is 25.6 Å². The fourth-order valence-electron chi connectivity index (χ4n) is 3.62. The van der Waals surface area contributed by atoms with Crippen molar-refractivity contribution in [3.63, 3.8) is 0 Å². The zero-order chi connectivity index (χ0) is 19.2. The Hall–Kier alpha value is -2.70. The molecule has 1 aliphatic heterocycles. The zero-order valence-corrected chi connectivity index (χ0v) is 16.0. The summed E-state index contributed by atoms with van der Waals surface area (Å²) in [7, 11) is 0. The van der Waals surface area contributed by atoms with Gasteiger partial charge in [-0.1, -0.05) is 42.5 Å². The highest BCUT2D eigenvalue weighted by Crippen LogP contribution is 2.12. The first-order valence-electron chi connectivity index (χ1n) is 9.82. The number of rotatable bonds is 7. The van der Waals surface area contributed by atoms with Crippen LogP contribution < -0.4 is 5.32 Å². The van der Waals surface area contributed by atoms with Crippen LogP contribution in [-0.4, -0.2) is 52.7 Å². The number of hydrogen-bond acceptors (Lipinski definition) is 4. The summed E-state index contributed by atoms with van der Waals surface area (Å²) in [6, 6.07) is 18.4. The Morgan fingerprint density at radius 3 is 2.86 bits per heavy atom. The average Bonchev–Trinajstić information content (AvgIpc) is 3.15. The molecule has 0 radical (unpaired) electrons. The van der Waals surface area contributed by atoms with Crippen LogP contribution in [0.4, 0.5) is 0 Å². The van der Waals surface area contributed by atoms with Gasteiger partial charge >= 0.3 is 0 Å². The van der Waals surface area contributed by atoms with Crippen LogP contribution in [0.25, 0.3) is 11.0 Å². The number of carbonyl (C=O) groups is 1. The number of fused-ring (bicyclic) bond motifs is 1. The number of nitrogens with one attached hydrogen (secondary N) is 1. The molecule has 6 nitrogen and oxygen atoms in total. The van der Waals surface area contributed by atoms with E-state index in [2.05, 4.69) is 39.5 Å². The van der Waals surface area contributed by atoms with Crippen molar-refractivity contribution in [2.24, 2.45) is 0 Å². The molecule has 1 aromatic heterocycles. The van der Waals surface area contributed by atoms with Crippen molar-refractivity contribution in [1.29, 1.82) is 0 Å². The van der Waals surface area contributed by atoms with Crippen LogP contribution in [0.2, 0.25) is 0 Å². The molecule has 1 aliphatic rings. The van der Waals surface area contributed by atoms with Crippen LogP contribution in [0.3, 0.4) is 0 Å². The van der Waals surface area contributed by atoms with Gasteiger partial charge < -0.3 is 14.6 Å². The van der Waals surface area contributed by atoms with E-state index in [9.17, 15) is 4.79 Å². The molecule has 1 amide bonds. The van der Waals surface area contributed by atoms with Crippen LogP contribution >= 0.6 is 0 Å². The van der Waals surface area contributed by atoms with Gasteiger partial charge in [0.2, 0.25) is 5.91 Å². The van der Waals surface area contributed by atoms with E-state index >= 15 is 0 Å². The predicted molar refractivity (Wildman–Crippen MR) is 109 cm³/mol. The zero-order valence-electron chi connectivity index (χ0n) is 16.0. The maximum absolute atomic E-state index is 12.3. The molecular weight excluding hydrogens is 352 g/mol. The number of benzene rings is 2. The summed E-state index contributed by atoms with van der Waals surface area (Å²) >= 11 is 0. The molecule has 1 saturated heterocycles. The molecular formula is C22H26N4O2. The molecule has 146 valence electrons. The summed E-state index contributed by atoms with van der Waals surface area (Å²) in [6.45, 7) is 4.55. The summed E-state index contributed by atoms with van der Waals surface area (Å²) in [5.41, 5.74) is 3.32. The lowest BCUT2D eigenvalue weighted by molar-refractivity contribution is -0.122. The highest BCUT2D eigenvalue weighted by Gasteiger charge is 2.21. The van der Waals surface area contributed by atoms with Crippen LogP contribution in [0.5, 0.6) is 0 Å². The summed E-state index contributed by atoms with van der Waals surface area (Å²) in [5, 5.41) is 3.02. The highest BCUT2D eigenvalue weighted by molar-refractivity contribution is 5.77. The summed E-state index contributed by atoms with van der Waals surface area (Å²) < 4.78 is 7.85. The predicted octanol–water partition coefficient (Wildman–Crippen LogP) is 2.44. The van der Waals surface area contributed by atoms with Crippen molar-refractivity contribution >= 4 is 16.9 Å². The first kappa shape index (κ1) is 18.7. The minimum Gasteiger partial charge on any atom is -0.374 e. The normalized spacial score (nSPS) is 17.6. The Bertz CT molecular complexity index is 909. The number of imidazole rings is 1. The number of morpholine rings is 1. The van der Waals surface area contributed by atoms with Gasteiger partial charge in [0.15, 0.2) is 0 Å². The fraction of sp³-hybridized carbons (Fsp3) is 0.364. The van der Waals surface area contributed by atoms with E-state index in [0.29, 0.717) is 26.1 Å². The van der Waals surface area contributed by atoms with Gasteiger partial charge in [-0.3, -0.25) is 9.69 Å². The SMILES string of the molecule is O=C(CCn1cnc2ccccc21)NCC1CN(Cc2ccccc2)CCO1.